The van der Waals surface area contributed by atoms with Crippen molar-refractivity contribution in [3.63, 3.8) is 0 Å². The number of ether oxygens (including phenoxy) is 1. The van der Waals surface area contributed by atoms with Crippen molar-refractivity contribution in [1.82, 2.24) is 9.80 Å². The van der Waals surface area contributed by atoms with Crippen molar-refractivity contribution < 1.29 is 14.3 Å². The number of hydrogen-bond donors (Lipinski definition) is 0. The second-order valence-corrected chi connectivity index (χ2v) is 5.31. The van der Waals surface area contributed by atoms with Crippen LogP contribution in [-0.4, -0.2) is 41.1 Å². The van der Waals surface area contributed by atoms with Gasteiger partial charge < -0.3 is 4.74 Å². The molecule has 0 N–H and O–H groups in total. The molecule has 2 atom stereocenters. The molecule has 20 heavy (non-hydrogen) atoms. The zero-order valence-corrected chi connectivity index (χ0v) is 11.5. The fraction of sp³-hybridized carbons (Fsp3) is 0.467. The minimum absolute atomic E-state index is 0.0102. The van der Waals surface area contributed by atoms with Crippen LogP contribution in [0.4, 0.5) is 0 Å². The number of carbonyl (C=O) groups excluding carboxylic acids is 2. The van der Waals surface area contributed by atoms with Crippen molar-refractivity contribution >= 4 is 11.8 Å². The highest BCUT2D eigenvalue weighted by molar-refractivity contribution is 6.01. The van der Waals surface area contributed by atoms with Crippen LogP contribution in [0.5, 0.6) is 0 Å². The number of rotatable bonds is 3. The highest BCUT2D eigenvalue weighted by Crippen LogP contribution is 2.31. The van der Waals surface area contributed by atoms with Gasteiger partial charge >= 0.3 is 0 Å². The van der Waals surface area contributed by atoms with Crippen molar-refractivity contribution in [3.05, 3.63) is 35.9 Å². The maximum atomic E-state index is 11.7. The molecule has 5 nitrogen and oxygen atoms in total. The van der Waals surface area contributed by atoms with Crippen LogP contribution in [-0.2, 0) is 14.3 Å². The van der Waals surface area contributed by atoms with Crippen LogP contribution in [0, 0.1) is 0 Å². The third-order valence-electron chi connectivity index (χ3n) is 4.04. The molecule has 1 aromatic carbocycles. The van der Waals surface area contributed by atoms with E-state index < -0.39 is 0 Å². The van der Waals surface area contributed by atoms with Crippen molar-refractivity contribution in [1.29, 1.82) is 0 Å². The van der Waals surface area contributed by atoms with Gasteiger partial charge in [-0.25, -0.2) is 0 Å². The number of likely N-dealkylation sites (tertiary alicyclic amines) is 1. The summed E-state index contributed by atoms with van der Waals surface area (Å²) >= 11 is 0. The van der Waals surface area contributed by atoms with Crippen LogP contribution in [0.1, 0.15) is 31.4 Å². The Labute approximate surface area is 118 Å². The average Bonchev–Trinajstić information content (AvgIpc) is 2.98. The van der Waals surface area contributed by atoms with Crippen LogP contribution in [0.25, 0.3) is 0 Å². The predicted octanol–water partition coefficient (Wildman–Crippen LogP) is 1.51. The van der Waals surface area contributed by atoms with E-state index in [0.29, 0.717) is 26.2 Å². The first-order valence-electron chi connectivity index (χ1n) is 6.90. The average molecular weight is 274 g/mol. The number of hydrogen-bond acceptors (Lipinski definition) is 4. The van der Waals surface area contributed by atoms with Gasteiger partial charge in [-0.2, -0.15) is 0 Å². The molecule has 0 saturated carbocycles. The lowest BCUT2D eigenvalue weighted by molar-refractivity contribution is -0.141. The summed E-state index contributed by atoms with van der Waals surface area (Å²) in [5.41, 5.74) is 1.13. The summed E-state index contributed by atoms with van der Waals surface area (Å²) in [6.45, 7) is 2.84. The fourth-order valence-electron chi connectivity index (χ4n) is 2.77. The topological polar surface area (TPSA) is 49.9 Å². The van der Waals surface area contributed by atoms with Gasteiger partial charge in [0.2, 0.25) is 11.8 Å². The quantitative estimate of drug-likeness (QED) is 0.784. The van der Waals surface area contributed by atoms with Crippen molar-refractivity contribution in [3.8, 4) is 0 Å². The molecule has 2 saturated heterocycles. The second kappa shape index (κ2) is 5.34. The summed E-state index contributed by atoms with van der Waals surface area (Å²) in [6.07, 6.45) is 0.664. The summed E-state index contributed by atoms with van der Waals surface area (Å²) in [4.78, 5) is 26.7. The monoisotopic (exact) mass is 274 g/mol. The molecular formula is C15H18N2O3. The molecule has 1 aromatic rings. The number of nitrogens with zero attached hydrogens (tertiary/aromatic N) is 2. The summed E-state index contributed by atoms with van der Waals surface area (Å²) in [6, 6.07) is 10.2. The zero-order valence-electron chi connectivity index (χ0n) is 11.5. The molecule has 0 aliphatic carbocycles. The first-order chi connectivity index (χ1) is 9.66. The van der Waals surface area contributed by atoms with E-state index >= 15 is 0 Å². The van der Waals surface area contributed by atoms with Gasteiger partial charge in [0.1, 0.15) is 6.73 Å². The smallest absolute Gasteiger partial charge is 0.230 e. The molecule has 0 unspecified atom stereocenters. The Hall–Kier alpha value is -1.72. The molecule has 0 spiro atoms. The molecule has 2 aliphatic rings. The van der Waals surface area contributed by atoms with Crippen LogP contribution < -0.4 is 0 Å². The van der Waals surface area contributed by atoms with Gasteiger partial charge in [-0.3, -0.25) is 19.4 Å². The van der Waals surface area contributed by atoms with Gasteiger partial charge in [0.15, 0.2) is 0 Å². The highest BCUT2D eigenvalue weighted by atomic mass is 16.5. The first-order valence-corrected chi connectivity index (χ1v) is 6.90. The van der Waals surface area contributed by atoms with Gasteiger partial charge in [0, 0.05) is 18.9 Å². The molecule has 0 radical (unpaired) electrons. The van der Waals surface area contributed by atoms with Crippen LogP contribution in [0.2, 0.25) is 0 Å². The van der Waals surface area contributed by atoms with E-state index in [1.807, 2.05) is 35.2 Å². The Morgan fingerprint density at radius 2 is 1.80 bits per heavy atom. The molecule has 2 fully saturated rings. The Bertz CT molecular complexity index is 501. The molecule has 2 amide bonds. The minimum Gasteiger partial charge on any atom is -0.356 e. The van der Waals surface area contributed by atoms with Gasteiger partial charge in [-0.15, -0.1) is 0 Å². The summed E-state index contributed by atoms with van der Waals surface area (Å²) < 4.78 is 5.82. The Morgan fingerprint density at radius 1 is 1.15 bits per heavy atom. The van der Waals surface area contributed by atoms with Crippen LogP contribution >= 0.6 is 0 Å². The first kappa shape index (κ1) is 13.3. The third-order valence-corrected chi connectivity index (χ3v) is 4.04. The van der Waals surface area contributed by atoms with Crippen molar-refractivity contribution in [2.45, 2.75) is 31.9 Å². The standard InChI is InChI=1S/C15H18N2O3/c1-11-15(12-5-3-2-4-6-12)20-10-16(11)9-17-13(18)7-8-14(17)19/h2-6,11,15H,7-10H2,1H3/t11-,15+/m1/s1. The number of benzene rings is 1. The van der Waals surface area contributed by atoms with Gasteiger partial charge in [-0.1, -0.05) is 30.3 Å². The van der Waals surface area contributed by atoms with E-state index in [2.05, 4.69) is 6.92 Å². The lowest BCUT2D eigenvalue weighted by atomic mass is 10.0. The summed E-state index contributed by atoms with van der Waals surface area (Å²) in [5, 5.41) is 0. The lowest BCUT2D eigenvalue weighted by Gasteiger charge is -2.26. The maximum absolute atomic E-state index is 11.7. The van der Waals surface area contributed by atoms with Crippen molar-refractivity contribution in [2.24, 2.45) is 0 Å². The van der Waals surface area contributed by atoms with Gasteiger partial charge in [-0.05, 0) is 12.5 Å². The predicted molar refractivity (Wildman–Crippen MR) is 72.4 cm³/mol. The molecule has 5 heteroatoms. The SMILES string of the molecule is C[C@@H]1[C@@H](c2ccccc2)OCN1CN1C(=O)CCC1=O. The molecule has 3 rings (SSSR count). The lowest BCUT2D eigenvalue weighted by Crippen LogP contribution is -2.42. The Kier molecular flexibility index (Phi) is 3.54. The van der Waals surface area contributed by atoms with Gasteiger partial charge in [0.25, 0.3) is 0 Å². The van der Waals surface area contributed by atoms with E-state index in [0.717, 1.165) is 5.56 Å². The van der Waals surface area contributed by atoms with Crippen molar-refractivity contribution in [2.75, 3.05) is 13.4 Å². The largest absolute Gasteiger partial charge is 0.356 e. The normalized spacial score (nSPS) is 27.6. The van der Waals surface area contributed by atoms with E-state index in [-0.39, 0.29) is 24.0 Å². The highest BCUT2D eigenvalue weighted by Gasteiger charge is 2.37. The summed E-state index contributed by atoms with van der Waals surface area (Å²) in [5.74, 6) is -0.157. The van der Waals surface area contributed by atoms with Gasteiger partial charge in [0.05, 0.1) is 12.8 Å². The number of imide groups is 1. The summed E-state index contributed by atoms with van der Waals surface area (Å²) in [7, 11) is 0. The molecule has 0 aromatic heterocycles. The minimum atomic E-state index is -0.0784. The second-order valence-electron chi connectivity index (χ2n) is 5.31. The molecule has 0 bridgehead atoms. The van der Waals surface area contributed by atoms with Crippen LogP contribution in [0.15, 0.2) is 30.3 Å². The van der Waals surface area contributed by atoms with E-state index in [4.69, 9.17) is 4.74 Å². The molecule has 2 heterocycles. The molecular weight excluding hydrogens is 256 g/mol. The van der Waals surface area contributed by atoms with E-state index in [9.17, 15) is 9.59 Å². The Balaban J connectivity index is 1.68. The number of carbonyl (C=O) groups is 2. The zero-order chi connectivity index (χ0) is 14.1. The number of amides is 2. The molecule has 2 aliphatic heterocycles. The van der Waals surface area contributed by atoms with E-state index in [1.165, 1.54) is 4.90 Å². The fourth-order valence-corrected chi connectivity index (χ4v) is 2.77. The maximum Gasteiger partial charge on any atom is 0.230 e. The molecule has 106 valence electrons. The Morgan fingerprint density at radius 3 is 2.45 bits per heavy atom. The van der Waals surface area contributed by atoms with E-state index in [1.54, 1.807) is 0 Å². The van der Waals surface area contributed by atoms with Crippen LogP contribution in [0.3, 0.4) is 0 Å². The third kappa shape index (κ3) is 2.34.